The lowest BCUT2D eigenvalue weighted by Gasteiger charge is -2.02. The van der Waals surface area contributed by atoms with E-state index in [0.29, 0.717) is 22.0 Å². The molecule has 5 heteroatoms. The highest BCUT2D eigenvalue weighted by Gasteiger charge is 2.09. The monoisotopic (exact) mass is 250 g/mol. The third-order valence-electron chi connectivity index (χ3n) is 2.29. The van der Waals surface area contributed by atoms with Crippen LogP contribution in [0.2, 0.25) is 0 Å². The summed E-state index contributed by atoms with van der Waals surface area (Å²) in [6, 6.07) is 4.40. The third-order valence-corrected chi connectivity index (χ3v) is 3.20. The molecule has 0 radical (unpaired) electrons. The summed E-state index contributed by atoms with van der Waals surface area (Å²) >= 11 is 1.33. The van der Waals surface area contributed by atoms with E-state index in [9.17, 15) is 9.18 Å². The number of carbonyl (C=O) groups is 1. The summed E-state index contributed by atoms with van der Waals surface area (Å²) in [4.78, 5) is 18.7. The molecule has 3 nitrogen and oxygen atoms in total. The molecule has 0 aliphatic rings. The molecule has 0 saturated heterocycles. The molecule has 0 atom stereocenters. The van der Waals surface area contributed by atoms with E-state index in [-0.39, 0.29) is 11.6 Å². The maximum absolute atomic E-state index is 13.0. The summed E-state index contributed by atoms with van der Waals surface area (Å²) < 4.78 is 13.0. The van der Waals surface area contributed by atoms with Gasteiger partial charge in [-0.2, -0.15) is 0 Å². The van der Waals surface area contributed by atoms with Gasteiger partial charge in [0.25, 0.3) is 0 Å². The molecule has 1 aromatic carbocycles. The first-order chi connectivity index (χ1) is 8.16. The number of aromatic amines is 1. The Labute approximate surface area is 102 Å². The Morgan fingerprint density at radius 1 is 1.53 bits per heavy atom. The number of benzene rings is 1. The molecule has 0 spiro atoms. The maximum atomic E-state index is 13.0. The van der Waals surface area contributed by atoms with Crippen LogP contribution in [-0.2, 0) is 0 Å². The minimum atomic E-state index is -0.291. The molecule has 0 unspecified atom stereocenters. The van der Waals surface area contributed by atoms with Crippen LogP contribution in [0.25, 0.3) is 0 Å². The highest BCUT2D eigenvalue weighted by molar-refractivity contribution is 7.99. The molecule has 0 saturated carbocycles. The molecule has 0 fully saturated rings. The van der Waals surface area contributed by atoms with Crippen molar-refractivity contribution in [2.45, 2.75) is 12.1 Å². The van der Waals surface area contributed by atoms with E-state index >= 15 is 0 Å². The minimum Gasteiger partial charge on any atom is -0.340 e. The molecule has 0 aliphatic heterocycles. The molecule has 0 amide bonds. The number of imidazole rings is 1. The zero-order valence-electron chi connectivity index (χ0n) is 9.24. The summed E-state index contributed by atoms with van der Waals surface area (Å²) in [5, 5.41) is 0.706. The van der Waals surface area contributed by atoms with Crippen molar-refractivity contribution in [2.75, 3.05) is 5.75 Å². The molecule has 1 heterocycles. The normalized spacial score (nSPS) is 10.5. The van der Waals surface area contributed by atoms with Crippen molar-refractivity contribution in [1.29, 1.82) is 0 Å². The van der Waals surface area contributed by atoms with Gasteiger partial charge in [-0.25, -0.2) is 9.37 Å². The van der Waals surface area contributed by atoms with E-state index in [2.05, 4.69) is 9.97 Å². The van der Waals surface area contributed by atoms with E-state index in [4.69, 9.17) is 0 Å². The predicted molar refractivity (Wildman–Crippen MR) is 64.8 cm³/mol. The van der Waals surface area contributed by atoms with Crippen LogP contribution >= 0.6 is 11.8 Å². The van der Waals surface area contributed by atoms with E-state index in [1.165, 1.54) is 23.9 Å². The Hall–Kier alpha value is -1.62. The lowest BCUT2D eigenvalue weighted by Crippen LogP contribution is -2.03. The van der Waals surface area contributed by atoms with Gasteiger partial charge < -0.3 is 4.98 Å². The van der Waals surface area contributed by atoms with Crippen LogP contribution in [0.3, 0.4) is 0 Å². The molecular weight excluding hydrogens is 239 g/mol. The third kappa shape index (κ3) is 2.94. The molecular formula is C12H11FN2OS. The zero-order valence-corrected chi connectivity index (χ0v) is 10.1. The number of carbonyl (C=O) groups excluding carboxylic acids is 1. The molecule has 2 aromatic rings. The summed E-state index contributed by atoms with van der Waals surface area (Å²) in [6.45, 7) is 1.64. The lowest BCUT2D eigenvalue weighted by atomic mass is 10.1. The van der Waals surface area contributed by atoms with Crippen molar-refractivity contribution in [3.05, 3.63) is 47.5 Å². The average Bonchev–Trinajstić information content (AvgIpc) is 2.82. The van der Waals surface area contributed by atoms with Gasteiger partial charge in [-0.15, -0.1) is 0 Å². The molecule has 1 aromatic heterocycles. The largest absolute Gasteiger partial charge is 0.340 e. The van der Waals surface area contributed by atoms with Crippen LogP contribution in [0, 0.1) is 12.7 Å². The fraction of sp³-hybridized carbons (Fsp3) is 0.167. The van der Waals surface area contributed by atoms with Crippen molar-refractivity contribution in [1.82, 2.24) is 9.97 Å². The second-order valence-corrected chi connectivity index (χ2v) is 4.53. The lowest BCUT2D eigenvalue weighted by molar-refractivity contribution is 0.102. The van der Waals surface area contributed by atoms with E-state index < -0.39 is 0 Å². The number of hydrogen-bond acceptors (Lipinski definition) is 3. The van der Waals surface area contributed by atoms with E-state index in [0.717, 1.165) is 0 Å². The van der Waals surface area contributed by atoms with Gasteiger partial charge in [0.05, 0.1) is 5.75 Å². The Morgan fingerprint density at radius 3 is 3.00 bits per heavy atom. The highest BCUT2D eigenvalue weighted by Crippen LogP contribution is 2.16. The number of halogens is 1. The smallest absolute Gasteiger partial charge is 0.173 e. The second-order valence-electron chi connectivity index (χ2n) is 3.57. The van der Waals surface area contributed by atoms with Crippen molar-refractivity contribution in [3.63, 3.8) is 0 Å². The van der Waals surface area contributed by atoms with E-state index in [1.54, 1.807) is 25.4 Å². The van der Waals surface area contributed by atoms with Crippen LogP contribution in [0.4, 0.5) is 4.39 Å². The van der Waals surface area contributed by atoms with Crippen LogP contribution in [-0.4, -0.2) is 21.5 Å². The predicted octanol–water partition coefficient (Wildman–Crippen LogP) is 2.83. The van der Waals surface area contributed by atoms with Gasteiger partial charge >= 0.3 is 0 Å². The van der Waals surface area contributed by atoms with Gasteiger partial charge in [0, 0.05) is 18.0 Å². The first-order valence-electron chi connectivity index (χ1n) is 5.08. The first kappa shape index (κ1) is 11.9. The van der Waals surface area contributed by atoms with Crippen molar-refractivity contribution in [2.24, 2.45) is 0 Å². The van der Waals surface area contributed by atoms with Crippen LogP contribution in [0.5, 0.6) is 0 Å². The molecule has 2 rings (SSSR count). The molecule has 0 bridgehead atoms. The van der Waals surface area contributed by atoms with Crippen molar-refractivity contribution < 1.29 is 9.18 Å². The van der Waals surface area contributed by atoms with Gasteiger partial charge in [-0.3, -0.25) is 4.79 Å². The molecule has 1 N–H and O–H groups in total. The molecule has 88 valence electrons. The van der Waals surface area contributed by atoms with Crippen molar-refractivity contribution in [3.8, 4) is 0 Å². The Kier molecular flexibility index (Phi) is 3.58. The number of hydrogen-bond donors (Lipinski definition) is 1. The Bertz CT molecular complexity index is 525. The van der Waals surface area contributed by atoms with Crippen LogP contribution in [0.1, 0.15) is 15.9 Å². The number of aromatic nitrogens is 2. The fourth-order valence-electron chi connectivity index (χ4n) is 1.37. The number of nitrogens with one attached hydrogen (secondary N) is 1. The van der Waals surface area contributed by atoms with Gasteiger partial charge in [-0.05, 0) is 30.7 Å². The van der Waals surface area contributed by atoms with Crippen LogP contribution < -0.4 is 0 Å². The minimum absolute atomic E-state index is 0.0329. The number of nitrogens with zero attached hydrogens (tertiary/aromatic N) is 1. The zero-order chi connectivity index (χ0) is 12.3. The summed E-state index contributed by atoms with van der Waals surface area (Å²) in [5.74, 6) is -0.0341. The number of thioether (sulfide) groups is 1. The van der Waals surface area contributed by atoms with Gasteiger partial charge in [0.15, 0.2) is 10.9 Å². The van der Waals surface area contributed by atoms with Crippen molar-refractivity contribution >= 4 is 17.5 Å². The summed E-state index contributed by atoms with van der Waals surface area (Å²) in [7, 11) is 0. The van der Waals surface area contributed by atoms with Gasteiger partial charge in [0.2, 0.25) is 0 Å². The first-order valence-corrected chi connectivity index (χ1v) is 6.07. The van der Waals surface area contributed by atoms with Crippen LogP contribution in [0.15, 0.2) is 35.7 Å². The summed E-state index contributed by atoms with van der Waals surface area (Å²) in [5.41, 5.74) is 1.02. The van der Waals surface area contributed by atoms with E-state index in [1.807, 2.05) is 0 Å². The number of rotatable bonds is 4. The SMILES string of the molecule is Cc1cc(C(=O)CSc2ncc[nH]2)ccc1F. The summed E-state index contributed by atoms with van der Waals surface area (Å²) in [6.07, 6.45) is 3.34. The molecule has 0 aliphatic carbocycles. The van der Waals surface area contributed by atoms with Gasteiger partial charge in [-0.1, -0.05) is 11.8 Å². The Morgan fingerprint density at radius 2 is 2.35 bits per heavy atom. The second kappa shape index (κ2) is 5.14. The highest BCUT2D eigenvalue weighted by atomic mass is 32.2. The quantitative estimate of drug-likeness (QED) is 0.670. The number of aryl methyl sites for hydroxylation is 1. The maximum Gasteiger partial charge on any atom is 0.173 e. The topological polar surface area (TPSA) is 45.8 Å². The number of Topliss-reactive ketones (excluding diaryl/α,β-unsaturated/α-hetero) is 1. The van der Waals surface area contributed by atoms with Gasteiger partial charge in [0.1, 0.15) is 5.82 Å². The number of H-pyrrole nitrogens is 1. The number of ketones is 1. The average molecular weight is 250 g/mol. The Balaban J connectivity index is 2.02. The fourth-order valence-corrected chi connectivity index (χ4v) is 2.09. The molecule has 17 heavy (non-hydrogen) atoms. The standard InChI is InChI=1S/C12H11FN2OS/c1-8-6-9(2-3-10(8)13)11(16)7-17-12-14-4-5-15-12/h2-6H,7H2,1H3,(H,14,15).